The van der Waals surface area contributed by atoms with Crippen molar-refractivity contribution >= 4 is 11.6 Å². The number of halogens is 2. The first-order valence-corrected chi connectivity index (χ1v) is 8.23. The molecule has 20 heavy (non-hydrogen) atoms. The second kappa shape index (κ2) is 7.42. The van der Waals surface area contributed by atoms with Crippen LogP contribution in [0.2, 0.25) is 5.02 Å². The van der Waals surface area contributed by atoms with Crippen molar-refractivity contribution in [2.24, 2.45) is 11.8 Å². The summed E-state index contributed by atoms with van der Waals surface area (Å²) in [4.78, 5) is 0. The van der Waals surface area contributed by atoms with Crippen molar-refractivity contribution in [3.63, 3.8) is 0 Å². The average Bonchev–Trinajstić information content (AvgIpc) is 2.45. The van der Waals surface area contributed by atoms with Gasteiger partial charge in [0, 0.05) is 11.1 Å². The fourth-order valence-electron chi connectivity index (χ4n) is 3.65. The molecule has 1 saturated carbocycles. The van der Waals surface area contributed by atoms with Gasteiger partial charge in [0.15, 0.2) is 0 Å². The molecule has 0 heterocycles. The van der Waals surface area contributed by atoms with Gasteiger partial charge in [-0.05, 0) is 42.5 Å². The summed E-state index contributed by atoms with van der Waals surface area (Å²) >= 11 is 6.29. The molecule has 3 unspecified atom stereocenters. The van der Waals surface area contributed by atoms with Crippen LogP contribution in [0.3, 0.4) is 0 Å². The molecular formula is C17H25ClFN. The van der Waals surface area contributed by atoms with E-state index in [0.717, 1.165) is 18.0 Å². The maximum absolute atomic E-state index is 13.3. The van der Waals surface area contributed by atoms with Crippen LogP contribution in [0, 0.1) is 17.7 Å². The molecule has 1 aromatic carbocycles. The van der Waals surface area contributed by atoms with E-state index in [4.69, 9.17) is 11.6 Å². The number of benzene rings is 1. The van der Waals surface area contributed by atoms with Crippen molar-refractivity contribution in [3.05, 3.63) is 34.6 Å². The summed E-state index contributed by atoms with van der Waals surface area (Å²) in [7, 11) is 0. The average molecular weight is 298 g/mol. The minimum atomic E-state index is -0.260. The zero-order valence-corrected chi connectivity index (χ0v) is 13.2. The van der Waals surface area contributed by atoms with Crippen LogP contribution in [0.25, 0.3) is 0 Å². The first-order chi connectivity index (χ1) is 9.67. The Kier molecular flexibility index (Phi) is 5.86. The summed E-state index contributed by atoms with van der Waals surface area (Å²) in [6, 6.07) is 5.06. The molecule has 1 N–H and O–H groups in total. The van der Waals surface area contributed by atoms with E-state index < -0.39 is 0 Å². The number of hydrogen-bond donors (Lipinski definition) is 1. The third-order valence-corrected chi connectivity index (χ3v) is 4.97. The van der Waals surface area contributed by atoms with Crippen LogP contribution in [0.15, 0.2) is 18.2 Å². The van der Waals surface area contributed by atoms with Crippen LogP contribution >= 0.6 is 11.6 Å². The maximum Gasteiger partial charge on any atom is 0.124 e. The van der Waals surface area contributed by atoms with Gasteiger partial charge in [0.1, 0.15) is 5.82 Å². The van der Waals surface area contributed by atoms with Gasteiger partial charge in [-0.15, -0.1) is 0 Å². The molecule has 0 amide bonds. The Hall–Kier alpha value is -0.600. The van der Waals surface area contributed by atoms with E-state index in [9.17, 15) is 4.39 Å². The van der Waals surface area contributed by atoms with Gasteiger partial charge < -0.3 is 5.32 Å². The lowest BCUT2D eigenvalue weighted by molar-refractivity contribution is 0.177. The molecule has 1 fully saturated rings. The first kappa shape index (κ1) is 15.8. The normalized spacial score (nSPS) is 24.6. The molecule has 1 aliphatic rings. The molecule has 112 valence electrons. The molecule has 1 nitrogen and oxygen atoms in total. The quantitative estimate of drug-likeness (QED) is 0.773. The third-order valence-electron chi connectivity index (χ3n) is 4.64. The molecular weight excluding hydrogens is 273 g/mol. The van der Waals surface area contributed by atoms with E-state index in [1.54, 1.807) is 0 Å². The van der Waals surface area contributed by atoms with Crippen molar-refractivity contribution in [2.45, 2.75) is 52.0 Å². The highest BCUT2D eigenvalue weighted by Gasteiger charge is 2.32. The molecule has 0 radical (unpaired) electrons. The SMILES string of the molecule is CCNC(c1ccc(F)cc1Cl)C1CCCCC1CC. The van der Waals surface area contributed by atoms with Crippen LogP contribution in [0.1, 0.15) is 57.6 Å². The van der Waals surface area contributed by atoms with Crippen molar-refractivity contribution in [1.29, 1.82) is 0 Å². The second-order valence-corrected chi connectivity index (χ2v) is 6.23. The smallest absolute Gasteiger partial charge is 0.124 e. The predicted octanol–water partition coefficient (Wildman–Crippen LogP) is 5.35. The number of rotatable bonds is 5. The Morgan fingerprint density at radius 2 is 2.05 bits per heavy atom. The standard InChI is InChI=1S/C17H25ClFN/c1-3-12-7-5-6-8-14(12)17(20-4-2)15-10-9-13(19)11-16(15)18/h9-12,14,17,20H,3-8H2,1-2H3. The highest BCUT2D eigenvalue weighted by Crippen LogP contribution is 2.41. The van der Waals surface area contributed by atoms with Gasteiger partial charge in [-0.1, -0.05) is 57.2 Å². The molecule has 0 aromatic heterocycles. The predicted molar refractivity (Wildman–Crippen MR) is 83.6 cm³/mol. The lowest BCUT2D eigenvalue weighted by atomic mass is 9.72. The molecule has 1 aromatic rings. The minimum Gasteiger partial charge on any atom is -0.310 e. The van der Waals surface area contributed by atoms with Crippen molar-refractivity contribution in [1.82, 2.24) is 5.32 Å². The van der Waals surface area contributed by atoms with Crippen molar-refractivity contribution < 1.29 is 4.39 Å². The molecule has 1 aliphatic carbocycles. The molecule has 0 bridgehead atoms. The first-order valence-electron chi connectivity index (χ1n) is 7.85. The maximum atomic E-state index is 13.3. The largest absolute Gasteiger partial charge is 0.310 e. The summed E-state index contributed by atoms with van der Waals surface area (Å²) in [5, 5.41) is 4.14. The summed E-state index contributed by atoms with van der Waals surface area (Å²) in [5.74, 6) is 1.09. The second-order valence-electron chi connectivity index (χ2n) is 5.82. The summed E-state index contributed by atoms with van der Waals surface area (Å²) in [5.41, 5.74) is 1.06. The fourth-order valence-corrected chi connectivity index (χ4v) is 3.93. The van der Waals surface area contributed by atoms with E-state index in [0.29, 0.717) is 10.9 Å². The fraction of sp³-hybridized carbons (Fsp3) is 0.647. The molecule has 3 heteroatoms. The zero-order chi connectivity index (χ0) is 14.5. The lowest BCUT2D eigenvalue weighted by Crippen LogP contribution is -2.34. The number of nitrogens with one attached hydrogen (secondary N) is 1. The van der Waals surface area contributed by atoms with Crippen LogP contribution < -0.4 is 5.32 Å². The van der Waals surface area contributed by atoms with Gasteiger partial charge in [0.05, 0.1) is 0 Å². The monoisotopic (exact) mass is 297 g/mol. The van der Waals surface area contributed by atoms with E-state index in [1.807, 2.05) is 6.07 Å². The van der Waals surface area contributed by atoms with Crippen molar-refractivity contribution in [2.75, 3.05) is 6.54 Å². The van der Waals surface area contributed by atoms with E-state index in [-0.39, 0.29) is 11.9 Å². The van der Waals surface area contributed by atoms with Gasteiger partial charge in [0.2, 0.25) is 0 Å². The van der Waals surface area contributed by atoms with Gasteiger partial charge in [0.25, 0.3) is 0 Å². The van der Waals surface area contributed by atoms with Crippen LogP contribution in [-0.2, 0) is 0 Å². The molecule has 0 spiro atoms. The van der Waals surface area contributed by atoms with E-state index >= 15 is 0 Å². The minimum absolute atomic E-state index is 0.248. The Morgan fingerprint density at radius 1 is 1.30 bits per heavy atom. The Morgan fingerprint density at radius 3 is 2.70 bits per heavy atom. The van der Waals surface area contributed by atoms with Crippen molar-refractivity contribution in [3.8, 4) is 0 Å². The highest BCUT2D eigenvalue weighted by atomic mass is 35.5. The van der Waals surface area contributed by atoms with Crippen LogP contribution in [0.5, 0.6) is 0 Å². The Labute approximate surface area is 126 Å². The molecule has 2 rings (SSSR count). The number of hydrogen-bond acceptors (Lipinski definition) is 1. The lowest BCUT2D eigenvalue weighted by Gasteiger charge is -2.38. The van der Waals surface area contributed by atoms with Crippen LogP contribution in [-0.4, -0.2) is 6.54 Å². The van der Waals surface area contributed by atoms with Gasteiger partial charge >= 0.3 is 0 Å². The highest BCUT2D eigenvalue weighted by molar-refractivity contribution is 6.31. The Bertz CT molecular complexity index is 435. The molecule has 3 atom stereocenters. The van der Waals surface area contributed by atoms with Gasteiger partial charge in [-0.2, -0.15) is 0 Å². The summed E-state index contributed by atoms with van der Waals surface area (Å²) in [6.07, 6.45) is 6.39. The molecule has 0 saturated heterocycles. The Balaban J connectivity index is 2.29. The van der Waals surface area contributed by atoms with Crippen LogP contribution in [0.4, 0.5) is 4.39 Å². The van der Waals surface area contributed by atoms with E-state index in [1.165, 1.54) is 44.2 Å². The summed E-state index contributed by atoms with van der Waals surface area (Å²) < 4.78 is 13.3. The zero-order valence-electron chi connectivity index (χ0n) is 12.5. The van der Waals surface area contributed by atoms with E-state index in [2.05, 4.69) is 19.2 Å². The summed E-state index contributed by atoms with van der Waals surface area (Å²) in [6.45, 7) is 5.30. The molecule has 0 aliphatic heterocycles. The third kappa shape index (κ3) is 3.53. The topological polar surface area (TPSA) is 12.0 Å². The van der Waals surface area contributed by atoms with Gasteiger partial charge in [-0.25, -0.2) is 4.39 Å². The van der Waals surface area contributed by atoms with Gasteiger partial charge in [-0.3, -0.25) is 0 Å².